The van der Waals surface area contributed by atoms with Crippen molar-refractivity contribution >= 4 is 11.5 Å². The van der Waals surface area contributed by atoms with Gasteiger partial charge in [-0.15, -0.1) is 0 Å². The first-order valence-electron chi connectivity index (χ1n) is 13.0. The number of aliphatic hydroxyl groups is 1. The second kappa shape index (κ2) is 11.2. The summed E-state index contributed by atoms with van der Waals surface area (Å²) in [5.74, 6) is 2.16. The van der Waals surface area contributed by atoms with E-state index in [0.717, 1.165) is 80.0 Å². The minimum atomic E-state index is -0.241. The zero-order valence-corrected chi connectivity index (χ0v) is 21.6. The van der Waals surface area contributed by atoms with Gasteiger partial charge in [0.2, 0.25) is 0 Å². The lowest BCUT2D eigenvalue weighted by Crippen LogP contribution is -2.62. The smallest absolute Gasteiger partial charge is 0.136 e. The Morgan fingerprint density at radius 1 is 1.15 bits per heavy atom. The fourth-order valence-corrected chi connectivity index (χ4v) is 5.40. The number of nitriles is 1. The molecule has 1 aliphatic rings. The molecule has 1 fully saturated rings. The van der Waals surface area contributed by atoms with E-state index in [1.807, 2.05) is 6.07 Å². The molecule has 184 valence electrons. The molecule has 0 amide bonds. The van der Waals surface area contributed by atoms with Crippen molar-refractivity contribution in [3.63, 3.8) is 0 Å². The zero-order chi connectivity index (χ0) is 24.9. The molecule has 1 atom stereocenters. The summed E-state index contributed by atoms with van der Waals surface area (Å²) >= 11 is 0. The molecule has 1 aromatic heterocycles. The molecular weight excluding hydrogens is 422 g/mol. The Balaban J connectivity index is 2.22. The Hall–Kier alpha value is -2.65. The minimum Gasteiger partial charge on any atom is -0.398 e. The third kappa shape index (κ3) is 4.63. The Labute approximate surface area is 205 Å². The van der Waals surface area contributed by atoms with Crippen LogP contribution in [0.4, 0.5) is 11.5 Å². The highest BCUT2D eigenvalue weighted by atomic mass is 16.3. The summed E-state index contributed by atoms with van der Waals surface area (Å²) < 4.78 is 0. The topological polar surface area (TPSA) is 99.1 Å². The van der Waals surface area contributed by atoms with Crippen molar-refractivity contribution in [2.24, 2.45) is 0 Å². The summed E-state index contributed by atoms with van der Waals surface area (Å²) in [6.07, 6.45) is 7.02. The first-order chi connectivity index (χ1) is 16.4. The number of anilines is 2. The molecule has 0 aliphatic carbocycles. The predicted octanol–water partition coefficient (Wildman–Crippen LogP) is 5.29. The Morgan fingerprint density at radius 3 is 2.38 bits per heavy atom. The van der Waals surface area contributed by atoms with E-state index < -0.39 is 0 Å². The van der Waals surface area contributed by atoms with Crippen molar-refractivity contribution in [2.75, 3.05) is 23.8 Å². The van der Waals surface area contributed by atoms with Gasteiger partial charge in [0.1, 0.15) is 17.7 Å². The molecule has 6 heteroatoms. The lowest BCUT2D eigenvalue weighted by Gasteiger charge is -2.53. The van der Waals surface area contributed by atoms with E-state index >= 15 is 0 Å². The van der Waals surface area contributed by atoms with Crippen LogP contribution >= 0.6 is 0 Å². The number of benzene rings is 1. The molecule has 34 heavy (non-hydrogen) atoms. The quantitative estimate of drug-likeness (QED) is 0.439. The van der Waals surface area contributed by atoms with Crippen LogP contribution in [-0.2, 0) is 19.3 Å². The van der Waals surface area contributed by atoms with Gasteiger partial charge >= 0.3 is 0 Å². The molecule has 3 N–H and O–H groups in total. The normalized spacial score (nSPS) is 17.6. The van der Waals surface area contributed by atoms with Crippen LogP contribution in [0.3, 0.4) is 0 Å². The van der Waals surface area contributed by atoms with E-state index in [1.54, 1.807) is 0 Å². The number of aliphatic hydroxyl groups excluding tert-OH is 1. The number of nitrogen functional groups attached to an aromatic ring is 1. The summed E-state index contributed by atoms with van der Waals surface area (Å²) in [4.78, 5) is 12.3. The second-order valence-electron chi connectivity index (χ2n) is 9.53. The van der Waals surface area contributed by atoms with Crippen LogP contribution in [0, 0.1) is 11.3 Å². The summed E-state index contributed by atoms with van der Waals surface area (Å²) in [5, 5.41) is 20.3. The number of rotatable bonds is 11. The maximum Gasteiger partial charge on any atom is 0.136 e. The third-order valence-electron chi connectivity index (χ3n) is 7.78. The van der Waals surface area contributed by atoms with Crippen molar-refractivity contribution < 1.29 is 5.11 Å². The van der Waals surface area contributed by atoms with Gasteiger partial charge in [-0.2, -0.15) is 5.26 Å². The standard InChI is InChI=1S/C28H41N5O/c1-6-11-21-25(16-22-20(19(7-2)8-3)12-13-24(30)23(22)17-29)31-26(9-4)32-27(21)33-15-14-28(33,10-5)18-34/h12-13,19,34H,6-11,14-16,18,30H2,1-5H3. The average molecular weight is 464 g/mol. The molecular formula is C28H41N5O. The molecule has 1 aromatic carbocycles. The van der Waals surface area contributed by atoms with Crippen molar-refractivity contribution in [1.29, 1.82) is 5.26 Å². The van der Waals surface area contributed by atoms with Crippen LogP contribution in [0.25, 0.3) is 0 Å². The fraction of sp³-hybridized carbons (Fsp3) is 0.607. The fourth-order valence-electron chi connectivity index (χ4n) is 5.40. The predicted molar refractivity (Wildman–Crippen MR) is 139 cm³/mol. The maximum absolute atomic E-state index is 10.2. The van der Waals surface area contributed by atoms with Gasteiger partial charge in [-0.25, -0.2) is 9.97 Å². The summed E-state index contributed by atoms with van der Waals surface area (Å²) in [6.45, 7) is 11.8. The van der Waals surface area contributed by atoms with Gasteiger partial charge in [0.05, 0.1) is 23.4 Å². The molecule has 6 nitrogen and oxygen atoms in total. The van der Waals surface area contributed by atoms with E-state index in [-0.39, 0.29) is 12.1 Å². The molecule has 2 aromatic rings. The summed E-state index contributed by atoms with van der Waals surface area (Å²) in [7, 11) is 0. The largest absolute Gasteiger partial charge is 0.398 e. The SMILES string of the molecule is CCCc1c(Cc2c(C(CC)CC)ccc(N)c2C#N)nc(CC)nc1N1CCC1(CC)CO. The molecule has 0 bridgehead atoms. The van der Waals surface area contributed by atoms with Crippen molar-refractivity contribution in [3.8, 4) is 6.07 Å². The van der Waals surface area contributed by atoms with Crippen molar-refractivity contribution in [3.05, 3.63) is 45.9 Å². The number of nitrogens with zero attached hydrogens (tertiary/aromatic N) is 4. The maximum atomic E-state index is 10.2. The molecule has 1 aliphatic heterocycles. The van der Waals surface area contributed by atoms with Gasteiger partial charge in [-0.3, -0.25) is 0 Å². The van der Waals surface area contributed by atoms with Crippen LogP contribution in [-0.4, -0.2) is 33.8 Å². The minimum absolute atomic E-state index is 0.127. The lowest BCUT2D eigenvalue weighted by molar-refractivity contribution is 0.132. The van der Waals surface area contributed by atoms with Crippen LogP contribution in [0.1, 0.15) is 106 Å². The van der Waals surface area contributed by atoms with Crippen molar-refractivity contribution in [1.82, 2.24) is 9.97 Å². The monoisotopic (exact) mass is 463 g/mol. The molecule has 0 saturated carbocycles. The highest BCUT2D eigenvalue weighted by molar-refractivity contribution is 5.63. The number of aromatic nitrogens is 2. The van der Waals surface area contributed by atoms with Gasteiger partial charge in [-0.1, -0.05) is 47.1 Å². The van der Waals surface area contributed by atoms with Gasteiger partial charge in [0, 0.05) is 30.6 Å². The van der Waals surface area contributed by atoms with Crippen LogP contribution < -0.4 is 10.6 Å². The summed E-state index contributed by atoms with van der Waals surface area (Å²) in [5.41, 5.74) is 11.5. The third-order valence-corrected chi connectivity index (χ3v) is 7.78. The number of nitrogens with two attached hydrogens (primary N) is 1. The Morgan fingerprint density at radius 2 is 1.88 bits per heavy atom. The van der Waals surface area contributed by atoms with E-state index in [0.29, 0.717) is 23.6 Å². The van der Waals surface area contributed by atoms with Gasteiger partial charge in [0.25, 0.3) is 0 Å². The van der Waals surface area contributed by atoms with Crippen LogP contribution in [0.5, 0.6) is 0 Å². The lowest BCUT2D eigenvalue weighted by atomic mass is 9.81. The molecule has 1 unspecified atom stereocenters. The van der Waals surface area contributed by atoms with Gasteiger partial charge < -0.3 is 15.7 Å². The molecule has 1 saturated heterocycles. The number of hydrogen-bond donors (Lipinski definition) is 2. The number of aryl methyl sites for hydroxylation is 1. The van der Waals surface area contributed by atoms with E-state index in [9.17, 15) is 10.4 Å². The highest BCUT2D eigenvalue weighted by Crippen LogP contribution is 2.40. The Kier molecular flexibility index (Phi) is 8.54. The van der Waals surface area contributed by atoms with Crippen molar-refractivity contribution in [2.45, 2.75) is 97.4 Å². The van der Waals surface area contributed by atoms with Crippen LogP contribution in [0.2, 0.25) is 0 Å². The van der Waals surface area contributed by atoms with E-state index in [4.69, 9.17) is 15.7 Å². The van der Waals surface area contributed by atoms with E-state index in [1.165, 1.54) is 5.56 Å². The van der Waals surface area contributed by atoms with Crippen LogP contribution in [0.15, 0.2) is 12.1 Å². The highest BCUT2D eigenvalue weighted by Gasteiger charge is 2.44. The average Bonchev–Trinajstić information content (AvgIpc) is 2.83. The first kappa shape index (κ1) is 26.0. The number of hydrogen-bond acceptors (Lipinski definition) is 6. The second-order valence-corrected chi connectivity index (χ2v) is 9.53. The summed E-state index contributed by atoms with van der Waals surface area (Å²) in [6, 6.07) is 6.37. The molecule has 0 spiro atoms. The zero-order valence-electron chi connectivity index (χ0n) is 21.6. The first-order valence-corrected chi connectivity index (χ1v) is 13.0. The molecule has 3 rings (SSSR count). The van der Waals surface area contributed by atoms with E-state index in [2.05, 4.69) is 51.7 Å². The molecule has 2 heterocycles. The van der Waals surface area contributed by atoms with Gasteiger partial charge in [-0.05, 0) is 55.2 Å². The van der Waals surface area contributed by atoms with Gasteiger partial charge in [0.15, 0.2) is 0 Å². The Bertz CT molecular complexity index is 1030. The molecule has 0 radical (unpaired) electrons.